The maximum Gasteiger partial charge on any atom is 0.123 e. The van der Waals surface area contributed by atoms with Crippen LogP contribution in [0.25, 0.3) is 0 Å². The van der Waals surface area contributed by atoms with Gasteiger partial charge >= 0.3 is 0 Å². The summed E-state index contributed by atoms with van der Waals surface area (Å²) < 4.78 is 14.1. The molecule has 1 aliphatic rings. The Morgan fingerprint density at radius 3 is 2.65 bits per heavy atom. The van der Waals surface area contributed by atoms with Crippen LogP contribution in [0.1, 0.15) is 5.56 Å². The molecule has 2 nitrogen and oxygen atoms in total. The number of hydrogen-bond donors (Lipinski definition) is 0. The Labute approximate surface area is 111 Å². The molecule has 0 radical (unpaired) electrons. The second-order valence-electron chi connectivity index (χ2n) is 4.63. The van der Waals surface area contributed by atoms with Gasteiger partial charge in [-0.2, -0.15) is 0 Å². The highest BCUT2D eigenvalue weighted by Crippen LogP contribution is 2.18. The number of nitrogens with zero attached hydrogens (tertiary/aromatic N) is 2. The Hall–Kier alpha value is -0.450. The molecule has 0 aromatic heterocycles. The first-order valence-electron chi connectivity index (χ1n) is 6.00. The molecule has 1 aromatic carbocycles. The zero-order valence-corrected chi connectivity index (χ0v) is 11.7. The highest BCUT2D eigenvalue weighted by atomic mass is 79.9. The maximum absolute atomic E-state index is 13.1. The van der Waals surface area contributed by atoms with Gasteiger partial charge in [0, 0.05) is 37.2 Å². The lowest BCUT2D eigenvalue weighted by Crippen LogP contribution is -2.45. The van der Waals surface area contributed by atoms with Gasteiger partial charge in [0.15, 0.2) is 0 Å². The smallest absolute Gasteiger partial charge is 0.123 e. The summed E-state index contributed by atoms with van der Waals surface area (Å²) in [6, 6.07) is 4.90. The monoisotopic (exact) mass is 300 g/mol. The van der Waals surface area contributed by atoms with E-state index in [0.717, 1.165) is 49.2 Å². The average Bonchev–Trinajstić information content (AvgIpc) is 2.32. The number of hydrogen-bond acceptors (Lipinski definition) is 2. The van der Waals surface area contributed by atoms with Gasteiger partial charge in [-0.05, 0) is 37.2 Å². The van der Waals surface area contributed by atoms with Crippen LogP contribution in [0.3, 0.4) is 0 Å². The summed E-state index contributed by atoms with van der Waals surface area (Å²) in [5, 5.41) is 0. The lowest BCUT2D eigenvalue weighted by Gasteiger charge is -2.32. The van der Waals surface area contributed by atoms with Crippen LogP contribution in [0.2, 0.25) is 0 Å². The SMILES string of the molecule is CN1CCN(CCc2cc(F)ccc2Br)CC1. The molecule has 0 saturated carbocycles. The van der Waals surface area contributed by atoms with E-state index in [1.807, 2.05) is 0 Å². The van der Waals surface area contributed by atoms with Crippen LogP contribution in [0.15, 0.2) is 22.7 Å². The van der Waals surface area contributed by atoms with E-state index in [9.17, 15) is 4.39 Å². The second kappa shape index (κ2) is 5.94. The first-order chi connectivity index (χ1) is 8.15. The van der Waals surface area contributed by atoms with Gasteiger partial charge in [-0.1, -0.05) is 15.9 Å². The molecule has 0 amide bonds. The summed E-state index contributed by atoms with van der Waals surface area (Å²) in [5.41, 5.74) is 1.06. The molecule has 1 aliphatic heterocycles. The van der Waals surface area contributed by atoms with Crippen molar-refractivity contribution in [1.29, 1.82) is 0 Å². The molecule has 0 atom stereocenters. The van der Waals surface area contributed by atoms with Gasteiger partial charge < -0.3 is 9.80 Å². The molecule has 1 saturated heterocycles. The topological polar surface area (TPSA) is 6.48 Å². The van der Waals surface area contributed by atoms with Gasteiger partial charge in [-0.15, -0.1) is 0 Å². The van der Waals surface area contributed by atoms with E-state index >= 15 is 0 Å². The third-order valence-electron chi connectivity index (χ3n) is 3.30. The van der Waals surface area contributed by atoms with Crippen molar-refractivity contribution < 1.29 is 4.39 Å². The van der Waals surface area contributed by atoms with E-state index in [0.29, 0.717) is 0 Å². The fourth-order valence-electron chi connectivity index (χ4n) is 2.08. The molecule has 0 unspecified atom stereocenters. The first-order valence-corrected chi connectivity index (χ1v) is 6.79. The average molecular weight is 301 g/mol. The molecule has 1 fully saturated rings. The standard InChI is InChI=1S/C13H18BrFN2/c1-16-6-8-17(9-7-16)5-4-11-10-12(15)2-3-13(11)14/h2-3,10H,4-9H2,1H3. The van der Waals surface area contributed by atoms with Crippen LogP contribution >= 0.6 is 15.9 Å². The number of rotatable bonds is 3. The summed E-state index contributed by atoms with van der Waals surface area (Å²) in [5.74, 6) is -0.151. The molecule has 0 aliphatic carbocycles. The highest BCUT2D eigenvalue weighted by molar-refractivity contribution is 9.10. The minimum atomic E-state index is -0.151. The van der Waals surface area contributed by atoms with E-state index in [1.54, 1.807) is 12.1 Å². The van der Waals surface area contributed by atoms with Crippen molar-refractivity contribution in [2.75, 3.05) is 39.8 Å². The quantitative estimate of drug-likeness (QED) is 0.846. The highest BCUT2D eigenvalue weighted by Gasteiger charge is 2.13. The molecule has 4 heteroatoms. The van der Waals surface area contributed by atoms with E-state index < -0.39 is 0 Å². The van der Waals surface area contributed by atoms with Crippen molar-refractivity contribution in [3.05, 3.63) is 34.1 Å². The third-order valence-corrected chi connectivity index (χ3v) is 4.07. The summed E-state index contributed by atoms with van der Waals surface area (Å²) in [6.07, 6.45) is 0.905. The van der Waals surface area contributed by atoms with Gasteiger partial charge in [0.25, 0.3) is 0 Å². The van der Waals surface area contributed by atoms with E-state index in [-0.39, 0.29) is 5.82 Å². The maximum atomic E-state index is 13.1. The summed E-state index contributed by atoms with van der Waals surface area (Å²) >= 11 is 3.47. The molecular weight excluding hydrogens is 283 g/mol. The fourth-order valence-corrected chi connectivity index (χ4v) is 2.53. The van der Waals surface area contributed by atoms with Crippen molar-refractivity contribution in [1.82, 2.24) is 9.80 Å². The Balaban J connectivity index is 1.87. The Morgan fingerprint density at radius 1 is 1.24 bits per heavy atom. The van der Waals surface area contributed by atoms with Crippen LogP contribution in [-0.4, -0.2) is 49.6 Å². The van der Waals surface area contributed by atoms with Crippen molar-refractivity contribution in [2.45, 2.75) is 6.42 Å². The van der Waals surface area contributed by atoms with Gasteiger partial charge in [0.2, 0.25) is 0 Å². The third kappa shape index (κ3) is 3.76. The second-order valence-corrected chi connectivity index (χ2v) is 5.48. The molecule has 1 heterocycles. The van der Waals surface area contributed by atoms with E-state index in [1.165, 1.54) is 6.07 Å². The predicted octanol–water partition coefficient (Wildman–Crippen LogP) is 2.38. The predicted molar refractivity (Wildman–Crippen MR) is 71.7 cm³/mol. The van der Waals surface area contributed by atoms with Crippen molar-refractivity contribution in [3.63, 3.8) is 0 Å². The van der Waals surface area contributed by atoms with Crippen LogP contribution in [0.5, 0.6) is 0 Å². The molecule has 0 bridgehead atoms. The minimum Gasteiger partial charge on any atom is -0.304 e. The van der Waals surface area contributed by atoms with Gasteiger partial charge in [0.1, 0.15) is 5.82 Å². The largest absolute Gasteiger partial charge is 0.304 e. The fraction of sp³-hybridized carbons (Fsp3) is 0.538. The normalized spacial score (nSPS) is 18.5. The van der Waals surface area contributed by atoms with Crippen LogP contribution in [0.4, 0.5) is 4.39 Å². The molecule has 0 N–H and O–H groups in total. The molecule has 94 valence electrons. The van der Waals surface area contributed by atoms with E-state index in [4.69, 9.17) is 0 Å². The van der Waals surface area contributed by atoms with Crippen molar-refractivity contribution >= 4 is 15.9 Å². The molecule has 2 rings (SSSR count). The number of halogens is 2. The van der Waals surface area contributed by atoms with Crippen molar-refractivity contribution in [2.24, 2.45) is 0 Å². The number of likely N-dealkylation sites (N-methyl/N-ethyl adjacent to an activating group) is 1. The van der Waals surface area contributed by atoms with Gasteiger partial charge in [0.05, 0.1) is 0 Å². The Kier molecular flexibility index (Phi) is 4.54. The lowest BCUT2D eigenvalue weighted by atomic mass is 10.1. The van der Waals surface area contributed by atoms with E-state index in [2.05, 4.69) is 32.8 Å². The zero-order valence-electron chi connectivity index (χ0n) is 10.1. The minimum absolute atomic E-state index is 0.151. The zero-order chi connectivity index (χ0) is 12.3. The van der Waals surface area contributed by atoms with Crippen molar-refractivity contribution in [3.8, 4) is 0 Å². The first kappa shape index (κ1) is 13.0. The molecule has 17 heavy (non-hydrogen) atoms. The van der Waals surface area contributed by atoms with Crippen LogP contribution < -0.4 is 0 Å². The Bertz CT molecular complexity index is 376. The summed E-state index contributed by atoms with van der Waals surface area (Å²) in [4.78, 5) is 4.78. The molecule has 1 aromatic rings. The number of benzene rings is 1. The van der Waals surface area contributed by atoms with Crippen LogP contribution in [-0.2, 0) is 6.42 Å². The number of piperazine rings is 1. The summed E-state index contributed by atoms with van der Waals surface area (Å²) in [6.45, 7) is 5.50. The summed E-state index contributed by atoms with van der Waals surface area (Å²) in [7, 11) is 2.15. The lowest BCUT2D eigenvalue weighted by molar-refractivity contribution is 0.155. The van der Waals surface area contributed by atoms with Gasteiger partial charge in [-0.3, -0.25) is 0 Å². The Morgan fingerprint density at radius 2 is 1.94 bits per heavy atom. The van der Waals surface area contributed by atoms with Gasteiger partial charge in [-0.25, -0.2) is 4.39 Å². The molecular formula is C13H18BrFN2. The molecule has 0 spiro atoms. The van der Waals surface area contributed by atoms with Crippen LogP contribution in [0, 0.1) is 5.82 Å².